The SMILES string of the molecule is COc1ccc(-c2ccccc2)cc1N1C(=O)[C@@H]2C[C@H]1CN2Cc1nc[nH]c1C. The van der Waals surface area contributed by atoms with Gasteiger partial charge in [-0.2, -0.15) is 0 Å². The predicted octanol–water partition coefficient (Wildman–Crippen LogP) is 3.38. The van der Waals surface area contributed by atoms with Crippen LogP contribution in [-0.4, -0.2) is 46.5 Å². The summed E-state index contributed by atoms with van der Waals surface area (Å²) in [6.07, 6.45) is 2.56. The number of piperazine rings is 1. The number of anilines is 1. The van der Waals surface area contributed by atoms with Gasteiger partial charge in [0.2, 0.25) is 5.91 Å². The number of aryl methyl sites for hydroxylation is 1. The van der Waals surface area contributed by atoms with Crippen LogP contribution in [0.15, 0.2) is 54.9 Å². The first kappa shape index (κ1) is 17.9. The summed E-state index contributed by atoms with van der Waals surface area (Å²) in [5, 5.41) is 0. The number of H-pyrrole nitrogens is 1. The second kappa shape index (κ2) is 7.04. The van der Waals surface area contributed by atoms with Crippen LogP contribution in [0.1, 0.15) is 17.8 Å². The highest BCUT2D eigenvalue weighted by atomic mass is 16.5. The van der Waals surface area contributed by atoms with Gasteiger partial charge in [0.15, 0.2) is 0 Å². The Morgan fingerprint density at radius 3 is 2.69 bits per heavy atom. The summed E-state index contributed by atoms with van der Waals surface area (Å²) in [5.41, 5.74) is 5.15. The van der Waals surface area contributed by atoms with Crippen LogP contribution in [0.3, 0.4) is 0 Å². The molecule has 0 unspecified atom stereocenters. The number of carbonyl (C=O) groups excluding carboxylic acids is 1. The van der Waals surface area contributed by atoms with Gasteiger partial charge < -0.3 is 14.6 Å². The van der Waals surface area contributed by atoms with E-state index >= 15 is 0 Å². The highest BCUT2D eigenvalue weighted by molar-refractivity contribution is 6.03. The van der Waals surface area contributed by atoms with E-state index in [-0.39, 0.29) is 18.0 Å². The van der Waals surface area contributed by atoms with E-state index in [1.54, 1.807) is 13.4 Å². The number of methoxy groups -OCH3 is 1. The first-order chi connectivity index (χ1) is 14.2. The smallest absolute Gasteiger partial charge is 0.244 e. The Bertz CT molecular complexity index is 1050. The number of fused-ring (bicyclic) bond motifs is 2. The minimum atomic E-state index is -0.0961. The zero-order valence-corrected chi connectivity index (χ0v) is 16.6. The number of nitrogens with zero attached hydrogens (tertiary/aromatic N) is 3. The van der Waals surface area contributed by atoms with Gasteiger partial charge in [0.05, 0.1) is 36.9 Å². The van der Waals surface area contributed by atoms with Crippen molar-refractivity contribution in [2.45, 2.75) is 32.0 Å². The van der Waals surface area contributed by atoms with Gasteiger partial charge in [0, 0.05) is 18.8 Å². The molecule has 2 aromatic carbocycles. The summed E-state index contributed by atoms with van der Waals surface area (Å²) < 4.78 is 5.61. The number of benzene rings is 2. The normalized spacial score (nSPS) is 21.2. The number of likely N-dealkylation sites (tertiary alicyclic amines) is 1. The van der Waals surface area contributed by atoms with Gasteiger partial charge in [-0.05, 0) is 36.6 Å². The van der Waals surface area contributed by atoms with E-state index in [4.69, 9.17) is 4.74 Å². The average Bonchev–Trinajstić information content (AvgIpc) is 3.43. The van der Waals surface area contributed by atoms with Gasteiger partial charge >= 0.3 is 0 Å². The maximum atomic E-state index is 13.3. The standard InChI is InChI=1S/C23H24N4O2/c1-15-19(25-14-24-15)13-26-12-18-11-21(26)23(28)27(18)20-10-17(8-9-22(20)29-2)16-6-4-3-5-7-16/h3-10,14,18,21H,11-13H2,1-2H3,(H,24,25)/t18-,21-/m0/s1. The van der Waals surface area contributed by atoms with E-state index < -0.39 is 0 Å². The highest BCUT2D eigenvalue weighted by Crippen LogP contribution is 2.42. The molecule has 5 rings (SSSR count). The van der Waals surface area contributed by atoms with E-state index in [9.17, 15) is 4.79 Å². The maximum Gasteiger partial charge on any atom is 0.244 e. The van der Waals surface area contributed by atoms with Crippen molar-refractivity contribution in [2.24, 2.45) is 0 Å². The van der Waals surface area contributed by atoms with Crippen molar-refractivity contribution in [3.63, 3.8) is 0 Å². The van der Waals surface area contributed by atoms with E-state index in [0.717, 1.165) is 46.9 Å². The lowest BCUT2D eigenvalue weighted by Gasteiger charge is -2.34. The van der Waals surface area contributed by atoms with Gasteiger partial charge in [0.25, 0.3) is 0 Å². The molecule has 2 aliphatic heterocycles. The van der Waals surface area contributed by atoms with Gasteiger partial charge in [-0.1, -0.05) is 36.4 Å². The van der Waals surface area contributed by atoms with Gasteiger partial charge in [-0.15, -0.1) is 0 Å². The molecule has 2 fully saturated rings. The van der Waals surface area contributed by atoms with Crippen molar-refractivity contribution in [2.75, 3.05) is 18.6 Å². The fourth-order valence-corrected chi connectivity index (χ4v) is 4.58. The van der Waals surface area contributed by atoms with Crippen LogP contribution < -0.4 is 9.64 Å². The Morgan fingerprint density at radius 2 is 2.00 bits per heavy atom. The number of nitrogens with one attached hydrogen (secondary N) is 1. The summed E-state index contributed by atoms with van der Waals surface area (Å²) in [6.45, 7) is 3.57. The summed E-state index contributed by atoms with van der Waals surface area (Å²) in [7, 11) is 1.66. The monoisotopic (exact) mass is 388 g/mol. The molecular formula is C23H24N4O2. The van der Waals surface area contributed by atoms with Gasteiger partial charge in [0.1, 0.15) is 5.75 Å². The van der Waals surface area contributed by atoms with Crippen LogP contribution in [0.4, 0.5) is 5.69 Å². The van der Waals surface area contributed by atoms with Gasteiger partial charge in [-0.3, -0.25) is 9.69 Å². The van der Waals surface area contributed by atoms with E-state index in [1.165, 1.54) is 0 Å². The lowest BCUT2D eigenvalue weighted by Crippen LogP contribution is -2.50. The third-order valence-electron chi connectivity index (χ3n) is 6.10. The van der Waals surface area contributed by atoms with Crippen LogP contribution in [0.5, 0.6) is 5.75 Å². The van der Waals surface area contributed by atoms with Crippen molar-refractivity contribution >= 4 is 11.6 Å². The molecule has 2 aliphatic rings. The minimum Gasteiger partial charge on any atom is -0.495 e. The van der Waals surface area contributed by atoms with Crippen LogP contribution in [-0.2, 0) is 11.3 Å². The number of imidazole rings is 1. The predicted molar refractivity (Wildman–Crippen MR) is 112 cm³/mol. The van der Waals surface area contributed by atoms with Crippen molar-refractivity contribution in [1.82, 2.24) is 14.9 Å². The summed E-state index contributed by atoms with van der Waals surface area (Å²) >= 11 is 0. The summed E-state index contributed by atoms with van der Waals surface area (Å²) in [5.74, 6) is 0.887. The summed E-state index contributed by atoms with van der Waals surface area (Å²) in [4.78, 5) is 25.0. The minimum absolute atomic E-state index is 0.0961. The Morgan fingerprint density at radius 1 is 1.17 bits per heavy atom. The van der Waals surface area contributed by atoms with Crippen LogP contribution >= 0.6 is 0 Å². The molecule has 0 spiro atoms. The number of aromatic nitrogens is 2. The number of aromatic amines is 1. The average molecular weight is 388 g/mol. The number of rotatable bonds is 5. The van der Waals surface area contributed by atoms with Crippen molar-refractivity contribution in [1.29, 1.82) is 0 Å². The second-order valence-electron chi connectivity index (χ2n) is 7.77. The van der Waals surface area contributed by atoms with E-state index in [0.29, 0.717) is 6.54 Å². The van der Waals surface area contributed by atoms with Crippen LogP contribution in [0.25, 0.3) is 11.1 Å². The molecule has 29 heavy (non-hydrogen) atoms. The number of hydrogen-bond donors (Lipinski definition) is 1. The largest absolute Gasteiger partial charge is 0.495 e. The van der Waals surface area contributed by atoms with E-state index in [2.05, 4.69) is 33.1 Å². The fraction of sp³-hybridized carbons (Fsp3) is 0.304. The highest BCUT2D eigenvalue weighted by Gasteiger charge is 2.50. The van der Waals surface area contributed by atoms with E-state index in [1.807, 2.05) is 42.2 Å². The number of amides is 1. The maximum absolute atomic E-state index is 13.3. The molecule has 3 heterocycles. The first-order valence-corrected chi connectivity index (χ1v) is 9.95. The zero-order valence-electron chi connectivity index (χ0n) is 16.6. The molecule has 1 amide bonds. The molecule has 2 saturated heterocycles. The number of carbonyl (C=O) groups is 1. The molecule has 6 heteroatoms. The first-order valence-electron chi connectivity index (χ1n) is 9.95. The summed E-state index contributed by atoms with van der Waals surface area (Å²) in [6, 6.07) is 16.4. The molecule has 2 bridgehead atoms. The second-order valence-corrected chi connectivity index (χ2v) is 7.77. The third-order valence-corrected chi connectivity index (χ3v) is 6.10. The fourth-order valence-electron chi connectivity index (χ4n) is 4.58. The Balaban J connectivity index is 1.44. The number of ether oxygens (including phenoxy) is 1. The molecule has 6 nitrogen and oxygen atoms in total. The molecular weight excluding hydrogens is 364 g/mol. The zero-order chi connectivity index (χ0) is 20.0. The molecule has 148 valence electrons. The quantitative estimate of drug-likeness (QED) is 0.728. The topological polar surface area (TPSA) is 61.5 Å². The third kappa shape index (κ3) is 3.00. The number of hydrogen-bond acceptors (Lipinski definition) is 4. The Hall–Kier alpha value is -3.12. The molecule has 1 N–H and O–H groups in total. The van der Waals surface area contributed by atoms with Gasteiger partial charge in [-0.25, -0.2) is 4.98 Å². The molecule has 1 aromatic heterocycles. The van der Waals surface area contributed by atoms with Crippen LogP contribution in [0.2, 0.25) is 0 Å². The molecule has 3 aromatic rings. The van der Waals surface area contributed by atoms with Crippen LogP contribution in [0, 0.1) is 6.92 Å². The lowest BCUT2D eigenvalue weighted by molar-refractivity contribution is -0.122. The molecule has 0 aliphatic carbocycles. The lowest BCUT2D eigenvalue weighted by atomic mass is 10.0. The molecule has 0 radical (unpaired) electrons. The van der Waals surface area contributed by atoms with Crippen molar-refractivity contribution < 1.29 is 9.53 Å². The molecule has 2 atom stereocenters. The Labute approximate surface area is 170 Å². The van der Waals surface area contributed by atoms with Crippen molar-refractivity contribution in [3.05, 3.63) is 66.2 Å². The Kier molecular flexibility index (Phi) is 4.36. The molecule has 0 saturated carbocycles. The van der Waals surface area contributed by atoms with Crippen molar-refractivity contribution in [3.8, 4) is 16.9 Å².